The molecule has 33 heavy (non-hydrogen) atoms. The number of carbonyl (C=O) groups excluding carboxylic acids is 1. The van der Waals surface area contributed by atoms with Crippen molar-refractivity contribution in [3.05, 3.63) is 95.3 Å². The first-order valence-electron chi connectivity index (χ1n) is 11.4. The molecule has 5 nitrogen and oxygen atoms in total. The van der Waals surface area contributed by atoms with E-state index >= 15 is 0 Å². The normalized spacial score (nSPS) is 20.2. The Kier molecular flexibility index (Phi) is 4.68. The summed E-state index contributed by atoms with van der Waals surface area (Å²) in [5, 5.41) is 5.50. The first kappa shape index (κ1) is 20.0. The summed E-state index contributed by atoms with van der Waals surface area (Å²) in [7, 11) is 0. The van der Waals surface area contributed by atoms with Gasteiger partial charge in [-0.1, -0.05) is 11.6 Å². The number of ketones is 1. The Morgan fingerprint density at radius 2 is 1.94 bits per heavy atom. The average Bonchev–Trinajstić information content (AvgIpc) is 3.18. The van der Waals surface area contributed by atoms with E-state index in [1.807, 2.05) is 30.6 Å². The molecule has 0 amide bonds. The number of aromatic nitrogens is 4. The van der Waals surface area contributed by atoms with Crippen molar-refractivity contribution in [2.75, 3.05) is 0 Å². The van der Waals surface area contributed by atoms with Crippen molar-refractivity contribution in [2.24, 2.45) is 0 Å². The van der Waals surface area contributed by atoms with E-state index in [0.717, 1.165) is 60.2 Å². The SMILES string of the molecule is O=C1C=C2CCCc3nc4c(cnn4-c4ccc(F)cc4)cc3C2(Cc2ccccn2)CC1. The van der Waals surface area contributed by atoms with Gasteiger partial charge in [0.2, 0.25) is 0 Å². The van der Waals surface area contributed by atoms with Crippen LogP contribution in [-0.4, -0.2) is 25.5 Å². The van der Waals surface area contributed by atoms with Gasteiger partial charge < -0.3 is 0 Å². The minimum absolute atomic E-state index is 0.211. The number of aryl methyl sites for hydroxylation is 1. The molecule has 0 saturated heterocycles. The first-order chi connectivity index (χ1) is 16.1. The summed E-state index contributed by atoms with van der Waals surface area (Å²) in [6.45, 7) is 0. The lowest BCUT2D eigenvalue weighted by Gasteiger charge is -2.39. The van der Waals surface area contributed by atoms with Crippen molar-refractivity contribution in [1.82, 2.24) is 19.7 Å². The maximum absolute atomic E-state index is 13.4. The number of halogens is 1. The van der Waals surface area contributed by atoms with Crippen LogP contribution in [0, 0.1) is 5.82 Å². The van der Waals surface area contributed by atoms with Crippen LogP contribution in [0.2, 0.25) is 0 Å². The van der Waals surface area contributed by atoms with Crippen LogP contribution >= 0.6 is 0 Å². The number of nitrogens with zero attached hydrogens (tertiary/aromatic N) is 4. The highest BCUT2D eigenvalue weighted by molar-refractivity contribution is 5.92. The van der Waals surface area contributed by atoms with E-state index in [2.05, 4.69) is 22.2 Å². The molecule has 3 heterocycles. The van der Waals surface area contributed by atoms with Crippen LogP contribution in [0.25, 0.3) is 16.7 Å². The fourth-order valence-corrected chi connectivity index (χ4v) is 5.45. The van der Waals surface area contributed by atoms with Gasteiger partial charge in [-0.25, -0.2) is 14.1 Å². The summed E-state index contributed by atoms with van der Waals surface area (Å²) in [5.41, 5.74) is 5.73. The monoisotopic (exact) mass is 438 g/mol. The minimum Gasteiger partial charge on any atom is -0.295 e. The van der Waals surface area contributed by atoms with Crippen LogP contribution in [-0.2, 0) is 23.1 Å². The van der Waals surface area contributed by atoms with Crippen LogP contribution in [0.1, 0.15) is 42.6 Å². The highest BCUT2D eigenvalue weighted by Crippen LogP contribution is 2.48. The Hall–Kier alpha value is -3.67. The Morgan fingerprint density at radius 1 is 1.06 bits per heavy atom. The molecule has 164 valence electrons. The topological polar surface area (TPSA) is 60.7 Å². The van der Waals surface area contributed by atoms with Gasteiger partial charge in [-0.3, -0.25) is 9.78 Å². The smallest absolute Gasteiger partial charge is 0.163 e. The summed E-state index contributed by atoms with van der Waals surface area (Å²) in [4.78, 5) is 22.1. The fraction of sp³-hybridized carbons (Fsp3) is 0.259. The van der Waals surface area contributed by atoms with Crippen molar-refractivity contribution >= 4 is 16.8 Å². The lowest BCUT2D eigenvalue weighted by molar-refractivity contribution is -0.115. The third-order valence-electron chi connectivity index (χ3n) is 7.03. The maximum Gasteiger partial charge on any atom is 0.163 e. The molecule has 2 aliphatic rings. The summed E-state index contributed by atoms with van der Waals surface area (Å²) in [6, 6.07) is 14.5. The second kappa shape index (κ2) is 7.73. The van der Waals surface area contributed by atoms with Crippen LogP contribution in [0.3, 0.4) is 0 Å². The van der Waals surface area contributed by atoms with Crippen LogP contribution in [0.4, 0.5) is 4.39 Å². The Morgan fingerprint density at radius 3 is 2.76 bits per heavy atom. The molecule has 2 aliphatic carbocycles. The number of allylic oxidation sites excluding steroid dienone is 2. The molecule has 1 atom stereocenters. The minimum atomic E-state index is -0.284. The van der Waals surface area contributed by atoms with Gasteiger partial charge in [-0.05, 0) is 79.8 Å². The molecule has 0 aliphatic heterocycles. The van der Waals surface area contributed by atoms with Crippen molar-refractivity contribution in [2.45, 2.75) is 43.9 Å². The van der Waals surface area contributed by atoms with Crippen molar-refractivity contribution in [1.29, 1.82) is 0 Å². The lowest BCUT2D eigenvalue weighted by atomic mass is 9.64. The molecule has 3 aromatic heterocycles. The highest BCUT2D eigenvalue weighted by Gasteiger charge is 2.43. The quantitative estimate of drug-likeness (QED) is 0.449. The number of rotatable bonds is 3. The predicted molar refractivity (Wildman–Crippen MR) is 124 cm³/mol. The van der Waals surface area contributed by atoms with Gasteiger partial charge in [0, 0.05) is 41.2 Å². The zero-order valence-corrected chi connectivity index (χ0v) is 18.2. The van der Waals surface area contributed by atoms with Gasteiger partial charge in [-0.2, -0.15) is 5.10 Å². The number of carbonyl (C=O) groups is 1. The van der Waals surface area contributed by atoms with Crippen molar-refractivity contribution in [3.8, 4) is 5.69 Å². The van der Waals surface area contributed by atoms with E-state index < -0.39 is 0 Å². The van der Waals surface area contributed by atoms with E-state index in [0.29, 0.717) is 6.42 Å². The molecular formula is C27H23FN4O. The summed E-state index contributed by atoms with van der Waals surface area (Å²) in [5.74, 6) is -0.0667. The molecule has 0 N–H and O–H groups in total. The third kappa shape index (κ3) is 3.37. The molecule has 0 spiro atoms. The molecule has 4 aromatic rings. The van der Waals surface area contributed by atoms with Gasteiger partial charge in [0.25, 0.3) is 0 Å². The molecule has 0 saturated carbocycles. The number of hydrogen-bond donors (Lipinski definition) is 0. The molecule has 6 rings (SSSR count). The van der Waals surface area contributed by atoms with Gasteiger partial charge in [0.15, 0.2) is 11.4 Å². The van der Waals surface area contributed by atoms with Gasteiger partial charge >= 0.3 is 0 Å². The summed E-state index contributed by atoms with van der Waals surface area (Å²) >= 11 is 0. The largest absolute Gasteiger partial charge is 0.295 e. The molecule has 0 fully saturated rings. The van der Waals surface area contributed by atoms with E-state index in [-0.39, 0.29) is 17.0 Å². The average molecular weight is 439 g/mol. The Labute approximate surface area is 191 Å². The highest BCUT2D eigenvalue weighted by atomic mass is 19.1. The maximum atomic E-state index is 13.4. The van der Waals surface area contributed by atoms with Gasteiger partial charge in [0.1, 0.15) is 5.82 Å². The third-order valence-corrected chi connectivity index (χ3v) is 7.03. The zero-order chi connectivity index (χ0) is 22.4. The zero-order valence-electron chi connectivity index (χ0n) is 18.2. The lowest BCUT2D eigenvalue weighted by Crippen LogP contribution is -2.36. The Bertz CT molecular complexity index is 1390. The summed E-state index contributed by atoms with van der Waals surface area (Å²) < 4.78 is 15.2. The van der Waals surface area contributed by atoms with Crippen molar-refractivity contribution < 1.29 is 9.18 Å². The molecule has 1 unspecified atom stereocenters. The summed E-state index contributed by atoms with van der Waals surface area (Å²) in [6.07, 6.45) is 10.2. The van der Waals surface area contributed by atoms with Crippen LogP contribution in [0.15, 0.2) is 72.6 Å². The fourth-order valence-electron chi connectivity index (χ4n) is 5.45. The number of pyridine rings is 2. The Balaban J connectivity index is 1.55. The van der Waals surface area contributed by atoms with E-state index in [4.69, 9.17) is 4.98 Å². The standard InChI is InChI=1S/C27H23FN4O/c28-20-7-9-22(10-8-20)32-26-18(17-30-32)14-24-25(31-26)6-3-4-19-15-23(33)11-12-27(19,24)16-21-5-1-2-13-29-21/h1-2,5,7-10,13-15,17H,3-4,6,11-12,16H2. The second-order valence-electron chi connectivity index (χ2n) is 9.00. The molecular weight excluding hydrogens is 415 g/mol. The second-order valence-corrected chi connectivity index (χ2v) is 9.00. The first-order valence-corrected chi connectivity index (χ1v) is 11.4. The molecule has 6 heteroatoms. The van der Waals surface area contributed by atoms with E-state index in [1.165, 1.54) is 23.3 Å². The number of benzene rings is 1. The van der Waals surface area contributed by atoms with Gasteiger partial charge in [-0.15, -0.1) is 0 Å². The van der Waals surface area contributed by atoms with Crippen LogP contribution in [0.5, 0.6) is 0 Å². The van der Waals surface area contributed by atoms with E-state index in [9.17, 15) is 9.18 Å². The molecule has 0 radical (unpaired) electrons. The van der Waals surface area contributed by atoms with Gasteiger partial charge in [0.05, 0.1) is 11.9 Å². The molecule has 1 aromatic carbocycles. The van der Waals surface area contributed by atoms with E-state index in [1.54, 1.807) is 16.8 Å². The number of fused-ring (bicyclic) bond motifs is 4. The van der Waals surface area contributed by atoms with Crippen molar-refractivity contribution in [3.63, 3.8) is 0 Å². The predicted octanol–water partition coefficient (Wildman–Crippen LogP) is 5.06. The van der Waals surface area contributed by atoms with Crippen LogP contribution < -0.4 is 0 Å². The molecule has 0 bridgehead atoms. The number of hydrogen-bond acceptors (Lipinski definition) is 4.